The van der Waals surface area contributed by atoms with Gasteiger partial charge in [0, 0.05) is 17.5 Å². The van der Waals surface area contributed by atoms with Gasteiger partial charge in [0.25, 0.3) is 0 Å². The summed E-state index contributed by atoms with van der Waals surface area (Å²) in [5.41, 5.74) is 1.20. The summed E-state index contributed by atoms with van der Waals surface area (Å²) in [6.07, 6.45) is 4.47. The molecule has 0 heterocycles. The number of nitrogens with one attached hydrogen (secondary N) is 1. The molecule has 21 heavy (non-hydrogen) atoms. The Labute approximate surface area is 132 Å². The SMILES string of the molecule is CC(C)(CNC(C)(C)C)COC1CC2CCC1(C)C2(C)C. The van der Waals surface area contributed by atoms with Gasteiger partial charge < -0.3 is 10.1 Å². The Morgan fingerprint density at radius 3 is 2.14 bits per heavy atom. The second kappa shape index (κ2) is 5.23. The molecule has 2 aliphatic carbocycles. The Morgan fingerprint density at radius 2 is 1.71 bits per heavy atom. The number of hydrogen-bond acceptors (Lipinski definition) is 2. The summed E-state index contributed by atoms with van der Waals surface area (Å²) in [5.74, 6) is 0.864. The van der Waals surface area contributed by atoms with Crippen molar-refractivity contribution in [2.24, 2.45) is 22.2 Å². The van der Waals surface area contributed by atoms with E-state index in [1.54, 1.807) is 0 Å². The molecule has 3 atom stereocenters. The van der Waals surface area contributed by atoms with E-state index in [0.717, 1.165) is 19.1 Å². The fourth-order valence-corrected chi connectivity index (χ4v) is 4.26. The molecule has 1 N–H and O–H groups in total. The topological polar surface area (TPSA) is 21.3 Å². The molecule has 3 unspecified atom stereocenters. The first-order chi connectivity index (χ1) is 9.37. The summed E-state index contributed by atoms with van der Waals surface area (Å²) in [4.78, 5) is 0. The second-order valence-corrected chi connectivity index (χ2v) is 10.2. The molecule has 2 saturated carbocycles. The zero-order chi connectivity index (χ0) is 16.1. The molecule has 2 rings (SSSR count). The van der Waals surface area contributed by atoms with E-state index < -0.39 is 0 Å². The first-order valence-corrected chi connectivity index (χ1v) is 8.74. The molecule has 0 aromatic rings. The highest BCUT2D eigenvalue weighted by Gasteiger charge is 2.61. The maximum absolute atomic E-state index is 6.47. The van der Waals surface area contributed by atoms with Gasteiger partial charge in [0.05, 0.1) is 12.7 Å². The van der Waals surface area contributed by atoms with Gasteiger partial charge >= 0.3 is 0 Å². The van der Waals surface area contributed by atoms with Gasteiger partial charge in [-0.2, -0.15) is 0 Å². The van der Waals surface area contributed by atoms with Crippen molar-refractivity contribution in [2.75, 3.05) is 13.2 Å². The van der Waals surface area contributed by atoms with Crippen LogP contribution in [0, 0.1) is 22.2 Å². The highest BCUT2D eigenvalue weighted by atomic mass is 16.5. The lowest BCUT2D eigenvalue weighted by molar-refractivity contribution is -0.0725. The van der Waals surface area contributed by atoms with Crippen molar-refractivity contribution < 1.29 is 4.74 Å². The van der Waals surface area contributed by atoms with Crippen LogP contribution < -0.4 is 5.32 Å². The van der Waals surface area contributed by atoms with Crippen molar-refractivity contribution in [2.45, 2.75) is 86.3 Å². The van der Waals surface area contributed by atoms with E-state index in [1.807, 2.05) is 0 Å². The van der Waals surface area contributed by atoms with E-state index in [4.69, 9.17) is 4.74 Å². The average molecular weight is 296 g/mol. The van der Waals surface area contributed by atoms with Crippen LogP contribution >= 0.6 is 0 Å². The molecular formula is C19H37NO. The summed E-state index contributed by atoms with van der Waals surface area (Å²) < 4.78 is 6.47. The molecule has 0 aromatic heterocycles. The van der Waals surface area contributed by atoms with Crippen molar-refractivity contribution in [3.05, 3.63) is 0 Å². The lowest BCUT2D eigenvalue weighted by Gasteiger charge is -2.40. The molecule has 0 spiro atoms. The molecule has 0 aromatic carbocycles. The molecule has 2 heteroatoms. The van der Waals surface area contributed by atoms with Gasteiger partial charge in [0.1, 0.15) is 0 Å². The van der Waals surface area contributed by atoms with Crippen molar-refractivity contribution in [1.82, 2.24) is 5.32 Å². The molecule has 2 nitrogen and oxygen atoms in total. The van der Waals surface area contributed by atoms with Crippen LogP contribution in [0.15, 0.2) is 0 Å². The standard InChI is InChI=1S/C19H37NO/c1-16(2,3)20-12-17(4,5)13-21-15-11-14-9-10-19(15,8)18(14,6)7/h14-15,20H,9-13H2,1-8H3. The molecule has 0 amide bonds. The lowest BCUT2D eigenvalue weighted by atomic mass is 9.70. The van der Waals surface area contributed by atoms with Crippen LogP contribution in [0.25, 0.3) is 0 Å². The minimum atomic E-state index is 0.178. The Bertz CT molecular complexity index is 380. The number of ether oxygens (including phenoxy) is 1. The fourth-order valence-electron chi connectivity index (χ4n) is 4.26. The maximum Gasteiger partial charge on any atom is 0.0637 e. The van der Waals surface area contributed by atoms with Crippen molar-refractivity contribution >= 4 is 0 Å². The van der Waals surface area contributed by atoms with Gasteiger partial charge in [0.2, 0.25) is 0 Å². The van der Waals surface area contributed by atoms with Crippen LogP contribution in [0.5, 0.6) is 0 Å². The Balaban J connectivity index is 1.89. The van der Waals surface area contributed by atoms with Gasteiger partial charge in [-0.15, -0.1) is 0 Å². The van der Waals surface area contributed by atoms with Crippen LogP contribution in [0.2, 0.25) is 0 Å². The third kappa shape index (κ3) is 3.32. The molecule has 124 valence electrons. The summed E-state index contributed by atoms with van der Waals surface area (Å²) in [6.45, 7) is 20.5. The van der Waals surface area contributed by atoms with Gasteiger partial charge in [-0.3, -0.25) is 0 Å². The van der Waals surface area contributed by atoms with E-state index in [2.05, 4.69) is 60.7 Å². The quantitative estimate of drug-likeness (QED) is 0.798. The smallest absolute Gasteiger partial charge is 0.0637 e. The summed E-state index contributed by atoms with van der Waals surface area (Å²) >= 11 is 0. The molecular weight excluding hydrogens is 258 g/mol. The molecule has 0 saturated heterocycles. The molecule has 0 radical (unpaired) electrons. The summed E-state index contributed by atoms with van der Waals surface area (Å²) in [5, 5.41) is 3.62. The average Bonchev–Trinajstić information content (AvgIpc) is 2.66. The van der Waals surface area contributed by atoms with Crippen LogP contribution in [0.1, 0.15) is 74.7 Å². The second-order valence-electron chi connectivity index (χ2n) is 10.2. The Kier molecular flexibility index (Phi) is 4.30. The third-order valence-corrected chi connectivity index (χ3v) is 6.49. The van der Waals surface area contributed by atoms with E-state index in [1.165, 1.54) is 19.3 Å². The van der Waals surface area contributed by atoms with Crippen molar-refractivity contribution in [3.8, 4) is 0 Å². The summed E-state index contributed by atoms with van der Waals surface area (Å²) in [7, 11) is 0. The molecule has 2 bridgehead atoms. The number of rotatable bonds is 5. The number of hydrogen-bond donors (Lipinski definition) is 1. The van der Waals surface area contributed by atoms with Crippen molar-refractivity contribution in [3.63, 3.8) is 0 Å². The largest absolute Gasteiger partial charge is 0.377 e. The Hall–Kier alpha value is -0.0800. The molecule has 2 aliphatic rings. The van der Waals surface area contributed by atoms with E-state index in [9.17, 15) is 0 Å². The van der Waals surface area contributed by atoms with Crippen LogP contribution in [-0.4, -0.2) is 24.8 Å². The predicted octanol–water partition coefficient (Wildman–Crippen LogP) is 4.63. The minimum absolute atomic E-state index is 0.178. The van der Waals surface area contributed by atoms with Gasteiger partial charge in [-0.05, 0) is 56.8 Å². The first-order valence-electron chi connectivity index (χ1n) is 8.74. The first kappa shape index (κ1) is 17.3. The zero-order valence-electron chi connectivity index (χ0n) is 15.6. The van der Waals surface area contributed by atoms with Crippen LogP contribution in [0.4, 0.5) is 0 Å². The third-order valence-electron chi connectivity index (χ3n) is 6.49. The molecule has 0 aliphatic heterocycles. The monoisotopic (exact) mass is 295 g/mol. The Morgan fingerprint density at radius 1 is 1.10 bits per heavy atom. The summed E-state index contributed by atoms with van der Waals surface area (Å²) in [6, 6.07) is 0. The highest BCUT2D eigenvalue weighted by molar-refractivity contribution is 5.11. The van der Waals surface area contributed by atoms with Crippen LogP contribution in [0.3, 0.4) is 0 Å². The zero-order valence-corrected chi connectivity index (χ0v) is 15.6. The lowest BCUT2D eigenvalue weighted by Crippen LogP contribution is -2.45. The van der Waals surface area contributed by atoms with E-state index in [0.29, 0.717) is 16.9 Å². The number of fused-ring (bicyclic) bond motifs is 2. The maximum atomic E-state index is 6.47. The highest BCUT2D eigenvalue weighted by Crippen LogP contribution is 2.66. The molecule has 2 fully saturated rings. The normalized spacial score (nSPS) is 35.4. The van der Waals surface area contributed by atoms with Gasteiger partial charge in [-0.25, -0.2) is 0 Å². The minimum Gasteiger partial charge on any atom is -0.377 e. The van der Waals surface area contributed by atoms with E-state index >= 15 is 0 Å². The predicted molar refractivity (Wildman–Crippen MR) is 90.5 cm³/mol. The van der Waals surface area contributed by atoms with Crippen molar-refractivity contribution in [1.29, 1.82) is 0 Å². The van der Waals surface area contributed by atoms with Crippen LogP contribution in [-0.2, 0) is 4.74 Å². The van der Waals surface area contributed by atoms with Gasteiger partial charge in [0.15, 0.2) is 0 Å². The van der Waals surface area contributed by atoms with E-state index in [-0.39, 0.29) is 11.0 Å². The fraction of sp³-hybridized carbons (Fsp3) is 1.00. The van der Waals surface area contributed by atoms with Gasteiger partial charge in [-0.1, -0.05) is 34.6 Å².